The van der Waals surface area contributed by atoms with Crippen molar-refractivity contribution in [2.24, 2.45) is 0 Å². The van der Waals surface area contributed by atoms with E-state index in [0.29, 0.717) is 23.5 Å². The van der Waals surface area contributed by atoms with Crippen LogP contribution in [0.4, 0.5) is 10.5 Å². The van der Waals surface area contributed by atoms with Gasteiger partial charge in [0.2, 0.25) is 0 Å². The molecule has 2 fully saturated rings. The van der Waals surface area contributed by atoms with E-state index in [1.807, 2.05) is 25.1 Å². The van der Waals surface area contributed by atoms with Gasteiger partial charge in [-0.15, -0.1) is 0 Å². The second-order valence-electron chi connectivity index (χ2n) is 10.6. The summed E-state index contributed by atoms with van der Waals surface area (Å²) in [7, 11) is 1.61. The van der Waals surface area contributed by atoms with Crippen LogP contribution < -0.4 is 15.0 Å². The minimum atomic E-state index is -1.82. The lowest BCUT2D eigenvalue weighted by molar-refractivity contribution is -0.159. The van der Waals surface area contributed by atoms with Gasteiger partial charge in [0.05, 0.1) is 12.8 Å². The number of rotatable bonds is 10. The maximum atomic E-state index is 12.4. The highest BCUT2D eigenvalue weighted by atomic mass is 79.9. The summed E-state index contributed by atoms with van der Waals surface area (Å²) in [5.74, 6) is -3.02. The van der Waals surface area contributed by atoms with E-state index >= 15 is 0 Å². The lowest BCUT2D eigenvalue weighted by Gasteiger charge is -2.50. The quantitative estimate of drug-likeness (QED) is 0.201. The van der Waals surface area contributed by atoms with E-state index in [1.165, 1.54) is 12.0 Å². The number of ether oxygens (including phenoxy) is 1. The molecular weight excluding hydrogens is 594 g/mol. The lowest BCUT2D eigenvalue weighted by atomic mass is 9.81. The van der Waals surface area contributed by atoms with Crippen molar-refractivity contribution in [3.8, 4) is 5.75 Å². The highest BCUT2D eigenvalue weighted by molar-refractivity contribution is 9.10. The molecule has 0 aromatic heterocycles. The zero-order chi connectivity index (χ0) is 29.9. The molecule has 1 amide bonds. The van der Waals surface area contributed by atoms with Gasteiger partial charge >= 0.3 is 18.0 Å². The van der Waals surface area contributed by atoms with E-state index in [2.05, 4.69) is 50.4 Å². The van der Waals surface area contributed by atoms with E-state index in [1.54, 1.807) is 12.0 Å². The fraction of sp³-hybridized carbons (Fsp3) is 0.500. The van der Waals surface area contributed by atoms with E-state index in [9.17, 15) is 9.90 Å². The molecule has 4 rings (SSSR count). The predicted molar refractivity (Wildman–Crippen MR) is 160 cm³/mol. The average molecular weight is 635 g/mol. The molecule has 41 heavy (non-hydrogen) atoms. The first-order valence-electron chi connectivity index (χ1n) is 13.9. The van der Waals surface area contributed by atoms with Crippen LogP contribution in [0.25, 0.3) is 0 Å². The molecule has 224 valence electrons. The van der Waals surface area contributed by atoms with E-state index in [4.69, 9.17) is 24.5 Å². The molecule has 2 bridgehead atoms. The Morgan fingerprint density at radius 1 is 1.02 bits per heavy atom. The summed E-state index contributed by atoms with van der Waals surface area (Å²) in [5.41, 5.74) is 3.01. The smallest absolute Gasteiger partial charge is 0.414 e. The van der Waals surface area contributed by atoms with Crippen molar-refractivity contribution in [1.82, 2.24) is 10.2 Å². The Hall–Kier alpha value is -3.15. The van der Waals surface area contributed by atoms with Gasteiger partial charge in [-0.1, -0.05) is 40.5 Å². The number of nitrogens with one attached hydrogen (secondary N) is 1. The van der Waals surface area contributed by atoms with Gasteiger partial charge < -0.3 is 25.4 Å². The van der Waals surface area contributed by atoms with E-state index < -0.39 is 18.0 Å². The van der Waals surface area contributed by atoms with Crippen molar-refractivity contribution in [3.05, 3.63) is 58.1 Å². The second-order valence-corrected chi connectivity index (χ2v) is 11.5. The largest absolute Gasteiger partial charge is 0.495 e. The molecule has 0 radical (unpaired) electrons. The number of amides is 1. The highest BCUT2D eigenvalue weighted by Crippen LogP contribution is 2.40. The molecule has 0 spiro atoms. The van der Waals surface area contributed by atoms with Crippen molar-refractivity contribution in [3.63, 3.8) is 0 Å². The standard InChI is InChI=1S/C28H38BrN3O3.C2H2O4/c1-20-11-12-27(35-2)26(15-20)32(28(33)34)25-17-23-9-6-10-24(18-25)31(23)14-4-3-13-30-19-21-7-5-8-22(29)16-21;3-1(4)2(5)6/h5,7-8,11-12,15-16,23-25,30H,3-4,6,9-10,13-14,17-19H2,1-2H3,(H,33,34);(H,3,4)(H,5,6). The molecule has 2 heterocycles. The highest BCUT2D eigenvalue weighted by Gasteiger charge is 2.42. The van der Waals surface area contributed by atoms with Crippen LogP contribution in [0.3, 0.4) is 0 Å². The Morgan fingerprint density at radius 3 is 2.29 bits per heavy atom. The van der Waals surface area contributed by atoms with Gasteiger partial charge in [0.15, 0.2) is 0 Å². The Kier molecular flexibility index (Phi) is 12.4. The van der Waals surface area contributed by atoms with Crippen molar-refractivity contribution in [2.45, 2.75) is 76.5 Å². The molecule has 2 unspecified atom stereocenters. The number of piperidine rings is 2. The molecule has 2 aliphatic heterocycles. The number of anilines is 1. The van der Waals surface area contributed by atoms with Crippen LogP contribution in [-0.4, -0.2) is 76.6 Å². The molecule has 2 aromatic rings. The molecular formula is C30H40BrN3O7. The number of hydrogen-bond acceptors (Lipinski definition) is 6. The first-order chi connectivity index (χ1) is 19.6. The van der Waals surface area contributed by atoms with Gasteiger partial charge in [0, 0.05) is 29.1 Å². The zero-order valence-corrected chi connectivity index (χ0v) is 25.2. The molecule has 2 atom stereocenters. The summed E-state index contributed by atoms with van der Waals surface area (Å²) in [6.07, 6.45) is 6.77. The van der Waals surface area contributed by atoms with Crippen LogP contribution in [0, 0.1) is 6.92 Å². The van der Waals surface area contributed by atoms with Crippen molar-refractivity contribution in [2.75, 3.05) is 25.1 Å². The molecule has 2 aromatic carbocycles. The van der Waals surface area contributed by atoms with Crippen LogP contribution in [0.1, 0.15) is 56.1 Å². The SMILES string of the molecule is COc1ccc(C)cc1N(C(=O)O)C1CC2CCCC(C1)N2CCCCNCc1cccc(Br)c1.O=C(O)C(=O)O. The Morgan fingerprint density at radius 2 is 1.71 bits per heavy atom. The van der Waals surface area contributed by atoms with E-state index in [0.717, 1.165) is 68.2 Å². The summed E-state index contributed by atoms with van der Waals surface area (Å²) < 4.78 is 6.65. The fourth-order valence-electron chi connectivity index (χ4n) is 5.89. The van der Waals surface area contributed by atoms with E-state index in [-0.39, 0.29) is 6.04 Å². The number of methoxy groups -OCH3 is 1. The number of halogens is 1. The fourth-order valence-corrected chi connectivity index (χ4v) is 6.34. The molecule has 4 N–H and O–H groups in total. The van der Waals surface area contributed by atoms with Gasteiger partial charge in [0.1, 0.15) is 5.75 Å². The normalized spacial score (nSPS) is 19.9. The molecule has 10 nitrogen and oxygen atoms in total. The third-order valence-corrected chi connectivity index (χ3v) is 8.18. The summed E-state index contributed by atoms with van der Waals surface area (Å²) in [6.45, 7) is 5.00. The molecule has 2 saturated heterocycles. The lowest BCUT2D eigenvalue weighted by Crippen LogP contribution is -2.58. The monoisotopic (exact) mass is 633 g/mol. The maximum Gasteiger partial charge on any atom is 0.414 e. The maximum absolute atomic E-state index is 12.4. The summed E-state index contributed by atoms with van der Waals surface area (Å²) >= 11 is 3.53. The number of unbranched alkanes of at least 4 members (excludes halogenated alkanes) is 1. The van der Waals surface area contributed by atoms with Crippen LogP contribution in [0.15, 0.2) is 46.9 Å². The first kappa shape index (κ1) is 32.4. The number of aryl methyl sites for hydroxylation is 1. The topological polar surface area (TPSA) is 140 Å². The average Bonchev–Trinajstić information content (AvgIpc) is 2.91. The van der Waals surface area contributed by atoms with Crippen molar-refractivity contribution in [1.29, 1.82) is 0 Å². The number of benzene rings is 2. The molecule has 0 aliphatic carbocycles. The third kappa shape index (κ3) is 9.44. The minimum Gasteiger partial charge on any atom is -0.495 e. The van der Waals surface area contributed by atoms with Gasteiger partial charge in [-0.2, -0.15) is 0 Å². The number of carboxylic acid groups (broad SMARTS) is 3. The Bertz CT molecular complexity index is 1170. The molecule has 2 aliphatic rings. The van der Waals surface area contributed by atoms with Gasteiger partial charge in [-0.25, -0.2) is 14.4 Å². The predicted octanol–water partition coefficient (Wildman–Crippen LogP) is 5.36. The first-order valence-corrected chi connectivity index (χ1v) is 14.7. The molecule has 0 saturated carbocycles. The van der Waals surface area contributed by atoms with Gasteiger partial charge in [0.25, 0.3) is 0 Å². The number of aliphatic carboxylic acids is 2. The number of nitrogens with zero attached hydrogens (tertiary/aromatic N) is 2. The second kappa shape index (κ2) is 15.7. The van der Waals surface area contributed by atoms with Crippen molar-refractivity contribution >= 4 is 39.6 Å². The Labute approximate surface area is 249 Å². The van der Waals surface area contributed by atoms with Gasteiger partial charge in [-0.3, -0.25) is 9.80 Å². The summed E-state index contributed by atoms with van der Waals surface area (Å²) in [4.78, 5) is 34.9. The summed E-state index contributed by atoms with van der Waals surface area (Å²) in [6, 6.07) is 15.1. The van der Waals surface area contributed by atoms with Crippen LogP contribution >= 0.6 is 15.9 Å². The van der Waals surface area contributed by atoms with Crippen LogP contribution in [0.2, 0.25) is 0 Å². The molecule has 11 heteroatoms. The number of carbonyl (C=O) groups is 3. The van der Waals surface area contributed by atoms with Crippen molar-refractivity contribution < 1.29 is 34.4 Å². The summed E-state index contributed by atoms with van der Waals surface area (Å²) in [5, 5.41) is 28.5. The van der Waals surface area contributed by atoms with Crippen LogP contribution in [0.5, 0.6) is 5.75 Å². The number of hydrogen-bond donors (Lipinski definition) is 4. The Balaban J connectivity index is 0.000000696. The minimum absolute atomic E-state index is 0.0124. The number of carboxylic acids is 2. The zero-order valence-electron chi connectivity index (χ0n) is 23.6. The van der Waals surface area contributed by atoms with Crippen LogP contribution in [-0.2, 0) is 16.1 Å². The third-order valence-electron chi connectivity index (χ3n) is 7.69. The number of fused-ring (bicyclic) bond motifs is 2. The van der Waals surface area contributed by atoms with Gasteiger partial charge in [-0.05, 0) is 93.9 Å².